The van der Waals surface area contributed by atoms with Crippen molar-refractivity contribution >= 4 is 5.91 Å². The number of H-pyrrole nitrogens is 1. The average Bonchev–Trinajstić information content (AvgIpc) is 3.79. The molecule has 1 saturated carbocycles. The van der Waals surface area contributed by atoms with Crippen molar-refractivity contribution in [1.82, 2.24) is 34.7 Å². The molecule has 3 aliphatic rings. The van der Waals surface area contributed by atoms with Crippen LogP contribution in [0, 0.1) is 0 Å². The largest absolute Gasteiger partial charge is 0.416 e. The zero-order valence-electron chi connectivity index (χ0n) is 23.9. The van der Waals surface area contributed by atoms with E-state index in [4.69, 9.17) is 0 Å². The predicted octanol–water partition coefficient (Wildman–Crippen LogP) is 5.07. The predicted molar refractivity (Wildman–Crippen MR) is 155 cm³/mol. The van der Waals surface area contributed by atoms with Crippen LogP contribution < -0.4 is 0 Å². The highest BCUT2D eigenvalue weighted by atomic mass is 19.4. The fraction of sp³-hybridized carbons (Fsp3) is 0.406. The van der Waals surface area contributed by atoms with Crippen molar-refractivity contribution in [2.24, 2.45) is 0 Å². The Morgan fingerprint density at radius 1 is 0.886 bits per heavy atom. The third-order valence-electron chi connectivity index (χ3n) is 9.47. The monoisotopic (exact) mass is 603 g/mol. The fourth-order valence-corrected chi connectivity index (χ4v) is 7.22. The number of nitrogens with zero attached hydrogens (tertiary/aromatic N) is 6. The number of nitrogens with one attached hydrogen (secondary N) is 1. The lowest BCUT2D eigenvalue weighted by Gasteiger charge is -2.41. The number of aromatic amines is 1. The molecule has 0 spiro atoms. The van der Waals surface area contributed by atoms with Crippen molar-refractivity contribution < 1.29 is 23.1 Å². The molecule has 228 valence electrons. The van der Waals surface area contributed by atoms with Gasteiger partial charge in [-0.05, 0) is 68.9 Å². The van der Waals surface area contributed by atoms with E-state index in [-0.39, 0.29) is 35.1 Å². The molecule has 0 radical (unpaired) electrons. The smallest absolute Gasteiger partial charge is 0.384 e. The zero-order chi connectivity index (χ0) is 30.5. The molecule has 2 atom stereocenters. The summed E-state index contributed by atoms with van der Waals surface area (Å²) in [5.41, 5.74) is 0.270. The van der Waals surface area contributed by atoms with Crippen molar-refractivity contribution in [3.8, 4) is 22.8 Å². The maximum Gasteiger partial charge on any atom is 0.416 e. The number of aromatic nitrogens is 5. The maximum absolute atomic E-state index is 13.5. The molecule has 0 unspecified atom stereocenters. The molecular weight excluding hydrogens is 571 g/mol. The lowest BCUT2D eigenvalue weighted by molar-refractivity contribution is -0.137. The van der Waals surface area contributed by atoms with Gasteiger partial charge < -0.3 is 15.0 Å². The summed E-state index contributed by atoms with van der Waals surface area (Å²) in [4.78, 5) is 38.2. The highest BCUT2D eigenvalue weighted by Crippen LogP contribution is 2.42. The van der Waals surface area contributed by atoms with E-state index < -0.39 is 17.3 Å². The average molecular weight is 604 g/mol. The zero-order valence-corrected chi connectivity index (χ0v) is 23.9. The van der Waals surface area contributed by atoms with Gasteiger partial charge in [0.25, 0.3) is 5.91 Å². The number of carbonyl (C=O) groups excluding carboxylic acids is 1. The SMILES string of the molecule is O=C(c1cnc(-c2cccc(C(F)(F)F)c2)[nH]1)N1CC[C@H]2[C@@H]1CCN2C1CCC(O)(c2ccc(-c3ncccn3)cn2)CC1. The van der Waals surface area contributed by atoms with E-state index in [2.05, 4.69) is 29.8 Å². The molecule has 4 aromatic rings. The molecule has 44 heavy (non-hydrogen) atoms. The molecular formula is C32H32F3N7O2. The van der Waals surface area contributed by atoms with Crippen LogP contribution in [0.25, 0.3) is 22.8 Å². The quantitative estimate of drug-likeness (QED) is 0.328. The fourth-order valence-electron chi connectivity index (χ4n) is 7.22. The van der Waals surface area contributed by atoms with Gasteiger partial charge in [0.2, 0.25) is 0 Å². The molecule has 2 N–H and O–H groups in total. The van der Waals surface area contributed by atoms with E-state index in [0.29, 0.717) is 36.9 Å². The highest BCUT2D eigenvalue weighted by Gasteiger charge is 2.48. The van der Waals surface area contributed by atoms with Crippen molar-refractivity contribution in [3.05, 3.63) is 84.2 Å². The van der Waals surface area contributed by atoms with Gasteiger partial charge in [0.15, 0.2) is 5.82 Å². The van der Waals surface area contributed by atoms with Crippen molar-refractivity contribution in [3.63, 3.8) is 0 Å². The number of hydrogen-bond acceptors (Lipinski definition) is 7. The van der Waals surface area contributed by atoms with Gasteiger partial charge >= 0.3 is 6.18 Å². The van der Waals surface area contributed by atoms with Gasteiger partial charge in [-0.15, -0.1) is 0 Å². The molecule has 7 rings (SSSR count). The number of rotatable bonds is 5. The van der Waals surface area contributed by atoms with Crippen molar-refractivity contribution in [2.45, 2.75) is 68.4 Å². The van der Waals surface area contributed by atoms with E-state index >= 15 is 0 Å². The standard InChI is InChI=1S/C32H32F3N7O2/c33-32(34,35)22-4-1-3-20(17-22)29-39-19-24(40-29)30(43)42-16-10-25-26(42)9-15-41(25)23-7-11-31(44,12-8-23)27-6-5-21(18-38-27)28-36-13-2-14-37-28/h1-6,13-14,17-19,23,25-26,44H,7-12,15-16H2,(H,39,40)/t23?,25-,26-,31?/m0/s1. The summed E-state index contributed by atoms with van der Waals surface area (Å²) in [7, 11) is 0. The molecule has 2 aliphatic heterocycles. The van der Waals surface area contributed by atoms with Crippen LogP contribution in [0.3, 0.4) is 0 Å². The minimum atomic E-state index is -4.46. The van der Waals surface area contributed by atoms with Gasteiger partial charge in [0.05, 0.1) is 17.5 Å². The number of imidazole rings is 1. The summed E-state index contributed by atoms with van der Waals surface area (Å²) in [5.74, 6) is 0.646. The van der Waals surface area contributed by atoms with E-state index in [1.165, 1.54) is 12.3 Å². The Hall–Kier alpha value is -4.16. The van der Waals surface area contributed by atoms with Crippen LogP contribution >= 0.6 is 0 Å². The minimum absolute atomic E-state index is 0.0676. The van der Waals surface area contributed by atoms with E-state index in [1.54, 1.807) is 30.7 Å². The summed E-state index contributed by atoms with van der Waals surface area (Å²) < 4.78 is 39.5. The number of pyridine rings is 1. The molecule has 1 aliphatic carbocycles. The Kier molecular flexibility index (Phi) is 7.20. The maximum atomic E-state index is 13.5. The summed E-state index contributed by atoms with van der Waals surface area (Å²) in [5, 5.41) is 11.5. The Morgan fingerprint density at radius 2 is 1.66 bits per heavy atom. The second-order valence-electron chi connectivity index (χ2n) is 11.9. The number of benzene rings is 1. The second kappa shape index (κ2) is 11.1. The number of aliphatic hydroxyl groups is 1. The Balaban J connectivity index is 0.981. The van der Waals surface area contributed by atoms with E-state index in [1.807, 2.05) is 17.0 Å². The number of carbonyl (C=O) groups is 1. The van der Waals surface area contributed by atoms with Gasteiger partial charge in [-0.1, -0.05) is 12.1 Å². The number of fused-ring (bicyclic) bond motifs is 1. The number of hydrogen-bond donors (Lipinski definition) is 2. The van der Waals surface area contributed by atoms with Gasteiger partial charge in [-0.3, -0.25) is 14.7 Å². The summed E-state index contributed by atoms with van der Waals surface area (Å²) in [6.07, 6.45) is 6.63. The first-order valence-electron chi connectivity index (χ1n) is 15.0. The molecule has 2 saturated heterocycles. The molecule has 12 heteroatoms. The summed E-state index contributed by atoms with van der Waals surface area (Å²) in [6, 6.07) is 11.1. The van der Waals surface area contributed by atoms with Gasteiger partial charge in [0, 0.05) is 60.9 Å². The van der Waals surface area contributed by atoms with Crippen LogP contribution in [0.4, 0.5) is 13.2 Å². The number of halogens is 3. The number of likely N-dealkylation sites (tertiary alicyclic amines) is 2. The van der Waals surface area contributed by atoms with Gasteiger partial charge in [-0.2, -0.15) is 13.2 Å². The second-order valence-corrected chi connectivity index (χ2v) is 11.9. The Morgan fingerprint density at radius 3 is 2.39 bits per heavy atom. The van der Waals surface area contributed by atoms with Crippen LogP contribution in [0.1, 0.15) is 60.3 Å². The molecule has 3 fully saturated rings. The molecule has 1 amide bonds. The summed E-state index contributed by atoms with van der Waals surface area (Å²) in [6.45, 7) is 1.49. The molecule has 5 heterocycles. The van der Waals surface area contributed by atoms with Gasteiger partial charge in [0.1, 0.15) is 17.1 Å². The third kappa shape index (κ3) is 5.26. The number of alkyl halides is 3. The van der Waals surface area contributed by atoms with Crippen molar-refractivity contribution in [1.29, 1.82) is 0 Å². The van der Waals surface area contributed by atoms with Crippen LogP contribution in [0.15, 0.2) is 67.3 Å². The van der Waals surface area contributed by atoms with Gasteiger partial charge in [-0.25, -0.2) is 15.0 Å². The van der Waals surface area contributed by atoms with E-state index in [9.17, 15) is 23.1 Å². The van der Waals surface area contributed by atoms with E-state index in [0.717, 1.165) is 49.9 Å². The normalized spacial score (nSPS) is 25.7. The van der Waals surface area contributed by atoms with Crippen LogP contribution in [-0.2, 0) is 11.8 Å². The number of amides is 1. The highest BCUT2D eigenvalue weighted by molar-refractivity contribution is 5.93. The van der Waals surface area contributed by atoms with Crippen molar-refractivity contribution in [2.75, 3.05) is 13.1 Å². The first-order valence-corrected chi connectivity index (χ1v) is 15.0. The first-order chi connectivity index (χ1) is 21.2. The topological polar surface area (TPSA) is 111 Å². The summed E-state index contributed by atoms with van der Waals surface area (Å²) >= 11 is 0. The lowest BCUT2D eigenvalue weighted by Crippen LogP contribution is -2.46. The Bertz CT molecular complexity index is 1640. The Labute approximate surface area is 252 Å². The molecule has 0 bridgehead atoms. The van der Waals surface area contributed by atoms with Crippen LogP contribution in [0.5, 0.6) is 0 Å². The van der Waals surface area contributed by atoms with Crippen LogP contribution in [0.2, 0.25) is 0 Å². The molecule has 9 nitrogen and oxygen atoms in total. The molecule has 3 aromatic heterocycles. The van der Waals surface area contributed by atoms with Crippen LogP contribution in [-0.4, -0.2) is 76.9 Å². The first kappa shape index (κ1) is 28.6. The lowest BCUT2D eigenvalue weighted by atomic mass is 9.79. The minimum Gasteiger partial charge on any atom is -0.384 e. The third-order valence-corrected chi connectivity index (χ3v) is 9.47. The molecule has 1 aromatic carbocycles.